The van der Waals surface area contributed by atoms with Crippen LogP contribution in [0.15, 0.2) is 4.88 Å². The Morgan fingerprint density at radius 1 is 1.50 bits per heavy atom. The van der Waals surface area contributed by atoms with Crippen LogP contribution in [0.3, 0.4) is 0 Å². The monoisotopic (exact) mass is 169 g/mol. The summed E-state index contributed by atoms with van der Waals surface area (Å²) in [6, 6.07) is 0. The molecule has 0 amide bonds. The molecule has 0 bridgehead atoms. The maximum atomic E-state index is 7.31. The van der Waals surface area contributed by atoms with E-state index in [2.05, 4.69) is 22.3 Å². The van der Waals surface area contributed by atoms with Gasteiger partial charge in [-0.05, 0) is 27.4 Å². The third-order valence-corrected chi connectivity index (χ3v) is 1.65. The number of hydrogen-bond acceptors (Lipinski definition) is 3. The third kappa shape index (κ3) is 32.0. The summed E-state index contributed by atoms with van der Waals surface area (Å²) >= 11 is 0. The van der Waals surface area contributed by atoms with Gasteiger partial charge in [-0.25, -0.2) is 0 Å². The van der Waals surface area contributed by atoms with Crippen LogP contribution in [0.4, 0.5) is 0 Å². The van der Waals surface area contributed by atoms with Crippen molar-refractivity contribution in [3.05, 3.63) is 10.4 Å². The Morgan fingerprint density at radius 2 is 1.75 bits per heavy atom. The Labute approximate surface area is 59.3 Å². The zero-order chi connectivity index (χ0) is 6.83. The zero-order valence-electron chi connectivity index (χ0n) is 4.74. The minimum Gasteiger partial charge on any atom is -0.0979 e. The van der Waals surface area contributed by atoms with Crippen LogP contribution in [0.25, 0.3) is 10.4 Å². The summed E-state index contributed by atoms with van der Waals surface area (Å²) < 4.78 is 0. The molecule has 0 N–H and O–H groups in total. The summed E-state index contributed by atoms with van der Waals surface area (Å²) in [7, 11) is 5.41. The largest absolute Gasteiger partial charge is 0.0979 e. The molecule has 8 heavy (non-hydrogen) atoms. The first-order chi connectivity index (χ1) is 3.83. The van der Waals surface area contributed by atoms with Crippen LogP contribution in [0.1, 0.15) is 0 Å². The predicted molar refractivity (Wildman–Crippen MR) is 45.9 cm³/mol. The van der Waals surface area contributed by atoms with Crippen LogP contribution in [-0.4, -0.2) is 12.5 Å². The van der Waals surface area contributed by atoms with E-state index in [1.807, 2.05) is 9.39 Å². The molecule has 48 valence electrons. The van der Waals surface area contributed by atoms with Gasteiger partial charge in [-0.3, -0.25) is 0 Å². The van der Waals surface area contributed by atoms with Crippen molar-refractivity contribution in [2.24, 2.45) is 4.88 Å². The highest BCUT2D eigenvalue weighted by molar-refractivity contribution is 8.76. The molecule has 0 aromatic carbocycles. The molecule has 0 aliphatic rings. The predicted octanol–water partition coefficient (Wildman–Crippen LogP) is 2.71. The third-order valence-electron chi connectivity index (χ3n) is 0.218. The highest BCUT2D eigenvalue weighted by Crippen LogP contribution is 2.09. The Kier molecular flexibility index (Phi) is 22.0. The van der Waals surface area contributed by atoms with Crippen molar-refractivity contribution >= 4 is 31.0 Å². The van der Waals surface area contributed by atoms with Gasteiger partial charge in [0.1, 0.15) is 0 Å². The van der Waals surface area contributed by atoms with Crippen molar-refractivity contribution in [3.8, 4) is 0 Å². The van der Waals surface area contributed by atoms with Crippen LogP contribution in [0.5, 0.6) is 0 Å². The minimum absolute atomic E-state index is 1.77. The summed E-state index contributed by atoms with van der Waals surface area (Å²) in [6.07, 6.45) is 4.12. The standard InChI is InChI=1S/C2H6S2.H2N3P/c1-3-4-2;1-2-3-4/h1-2H3;4H2. The van der Waals surface area contributed by atoms with Crippen molar-refractivity contribution < 1.29 is 0 Å². The number of nitrogens with zero attached hydrogens (tertiary/aromatic N) is 3. The molecule has 0 radical (unpaired) electrons. The first kappa shape index (κ1) is 11.3. The average molecular weight is 169 g/mol. The van der Waals surface area contributed by atoms with E-state index in [0.29, 0.717) is 0 Å². The minimum atomic E-state index is 1.77. The topological polar surface area (TPSA) is 48.8 Å². The molecule has 0 aliphatic heterocycles. The van der Waals surface area contributed by atoms with Gasteiger partial charge in [-0.15, -0.1) is 0 Å². The second-order valence-electron chi connectivity index (χ2n) is 0.538. The van der Waals surface area contributed by atoms with E-state index in [0.717, 1.165) is 0 Å². The van der Waals surface area contributed by atoms with E-state index < -0.39 is 0 Å². The number of hydrogen-bond donors (Lipinski definition) is 0. The average Bonchev–Trinajstić information content (AvgIpc) is 1.88. The molecule has 6 heteroatoms. The van der Waals surface area contributed by atoms with E-state index in [4.69, 9.17) is 5.53 Å². The lowest BCUT2D eigenvalue weighted by Crippen LogP contribution is -1.28. The van der Waals surface area contributed by atoms with Crippen molar-refractivity contribution in [2.45, 2.75) is 0 Å². The molecule has 3 nitrogen and oxygen atoms in total. The fourth-order valence-electron chi connectivity index (χ4n) is 0. The molecule has 0 aromatic heterocycles. The first-order valence-electron chi connectivity index (χ1n) is 1.64. The molecule has 0 saturated carbocycles. The highest BCUT2D eigenvalue weighted by atomic mass is 33.1. The molecule has 0 fully saturated rings. The van der Waals surface area contributed by atoms with E-state index >= 15 is 0 Å². The van der Waals surface area contributed by atoms with Crippen molar-refractivity contribution in [2.75, 3.05) is 12.5 Å². The Morgan fingerprint density at radius 3 is 1.75 bits per heavy atom. The second kappa shape index (κ2) is 15.7. The van der Waals surface area contributed by atoms with Crippen LogP contribution < -0.4 is 0 Å². The molecular weight excluding hydrogens is 161 g/mol. The zero-order valence-corrected chi connectivity index (χ0v) is 7.52. The van der Waals surface area contributed by atoms with E-state index in [1.54, 1.807) is 21.6 Å². The Balaban J connectivity index is 0. The smallest absolute Gasteiger partial charge is 0.00419 e. The molecule has 0 spiro atoms. The number of rotatable bonds is 1. The SMILES string of the molecule is CSSC.[N-]=[N+]=NP. The summed E-state index contributed by atoms with van der Waals surface area (Å²) in [5.74, 6) is 0. The van der Waals surface area contributed by atoms with E-state index in [1.165, 1.54) is 0 Å². The van der Waals surface area contributed by atoms with Crippen molar-refractivity contribution in [1.29, 1.82) is 0 Å². The molecule has 0 aliphatic carbocycles. The van der Waals surface area contributed by atoms with Crippen LogP contribution >= 0.6 is 31.0 Å². The fraction of sp³-hybridized carbons (Fsp3) is 1.00. The molecule has 0 saturated heterocycles. The lowest BCUT2D eigenvalue weighted by Gasteiger charge is -1.69. The van der Waals surface area contributed by atoms with Crippen molar-refractivity contribution in [3.63, 3.8) is 0 Å². The fourth-order valence-corrected chi connectivity index (χ4v) is 0. The van der Waals surface area contributed by atoms with Crippen LogP contribution in [0.2, 0.25) is 0 Å². The molecule has 1 atom stereocenters. The number of azide groups is 1. The maximum Gasteiger partial charge on any atom is 0.00419 e. The molecule has 0 aromatic rings. The van der Waals surface area contributed by atoms with E-state index in [-0.39, 0.29) is 0 Å². The summed E-state index contributed by atoms with van der Waals surface area (Å²) in [5, 5.41) is 0. The lowest BCUT2D eigenvalue weighted by molar-refractivity contribution is 1.82. The van der Waals surface area contributed by atoms with E-state index in [9.17, 15) is 0 Å². The van der Waals surface area contributed by atoms with Gasteiger partial charge in [0.25, 0.3) is 0 Å². The summed E-state index contributed by atoms with van der Waals surface area (Å²) in [6.45, 7) is 0. The second-order valence-corrected chi connectivity index (χ2v) is 3.44. The van der Waals surface area contributed by atoms with Crippen molar-refractivity contribution in [1.82, 2.24) is 0 Å². The van der Waals surface area contributed by atoms with Gasteiger partial charge in [0.15, 0.2) is 0 Å². The normalized spacial score (nSPS) is 5.88. The van der Waals surface area contributed by atoms with Crippen LogP contribution in [0, 0.1) is 0 Å². The molecule has 0 heterocycles. The first-order valence-corrected chi connectivity index (χ1v) is 5.12. The van der Waals surface area contributed by atoms with Gasteiger partial charge in [0.2, 0.25) is 0 Å². The van der Waals surface area contributed by atoms with Gasteiger partial charge >= 0.3 is 0 Å². The summed E-state index contributed by atoms with van der Waals surface area (Å²) in [5.41, 5.74) is 7.31. The highest BCUT2D eigenvalue weighted by Gasteiger charge is 1.55. The Bertz CT molecular complexity index is 69.7. The molecular formula is C2H8N3PS2. The summed E-state index contributed by atoms with van der Waals surface area (Å²) in [4.78, 5) is 5.16. The van der Waals surface area contributed by atoms with Gasteiger partial charge in [0.05, 0.1) is 0 Å². The molecule has 1 unspecified atom stereocenters. The van der Waals surface area contributed by atoms with Gasteiger partial charge in [-0.2, -0.15) is 0 Å². The van der Waals surface area contributed by atoms with Gasteiger partial charge < -0.3 is 0 Å². The van der Waals surface area contributed by atoms with Crippen LogP contribution in [-0.2, 0) is 0 Å². The van der Waals surface area contributed by atoms with Gasteiger partial charge in [0, 0.05) is 4.91 Å². The lowest BCUT2D eigenvalue weighted by atomic mass is 12.0. The quantitative estimate of drug-likeness (QED) is 0.199. The van der Waals surface area contributed by atoms with Gasteiger partial charge in [-0.1, -0.05) is 26.5 Å². The Hall–Kier alpha value is 0.440. The molecule has 0 rings (SSSR count). The maximum absolute atomic E-state index is 7.31.